The first-order valence-corrected chi connectivity index (χ1v) is 9.77. The van der Waals surface area contributed by atoms with Crippen LogP contribution in [0.5, 0.6) is 0 Å². The number of rotatable bonds is 4. The molecular weight excluding hydrogens is 326 g/mol. The normalized spacial score (nSPS) is 19.5. The first kappa shape index (κ1) is 16.8. The summed E-state index contributed by atoms with van der Waals surface area (Å²) in [6.07, 6.45) is 2.08. The molecule has 2 heterocycles. The number of hydrogen-bond donors (Lipinski definition) is 0. The number of sulfone groups is 1. The molecule has 1 aromatic carbocycles. The minimum absolute atomic E-state index is 0.00485. The molecule has 0 unspecified atom stereocenters. The minimum Gasteiger partial charge on any atom is -0.450 e. The number of benzene rings is 1. The topological polar surface area (TPSA) is 67.6 Å². The third-order valence-electron chi connectivity index (χ3n) is 4.59. The fourth-order valence-corrected chi connectivity index (χ4v) is 5.01. The summed E-state index contributed by atoms with van der Waals surface area (Å²) in [5.74, 6) is 0.136. The van der Waals surface area contributed by atoms with Crippen molar-refractivity contribution in [2.75, 3.05) is 18.1 Å². The first-order valence-electron chi connectivity index (χ1n) is 7.95. The van der Waals surface area contributed by atoms with Crippen LogP contribution in [-0.2, 0) is 9.84 Å². The van der Waals surface area contributed by atoms with Gasteiger partial charge in [-0.05, 0) is 25.8 Å². The van der Waals surface area contributed by atoms with Crippen LogP contribution in [0.2, 0.25) is 0 Å². The Morgan fingerprint density at radius 3 is 2.75 bits per heavy atom. The lowest BCUT2D eigenvalue weighted by Crippen LogP contribution is -2.41. The van der Waals surface area contributed by atoms with Crippen molar-refractivity contribution < 1.29 is 17.6 Å². The van der Waals surface area contributed by atoms with Crippen molar-refractivity contribution in [1.29, 1.82) is 0 Å². The summed E-state index contributed by atoms with van der Waals surface area (Å²) in [6.45, 7) is 7.78. The van der Waals surface area contributed by atoms with Gasteiger partial charge >= 0.3 is 0 Å². The zero-order valence-electron chi connectivity index (χ0n) is 13.9. The van der Waals surface area contributed by atoms with Gasteiger partial charge in [0, 0.05) is 23.5 Å². The Kier molecular flexibility index (Phi) is 4.25. The van der Waals surface area contributed by atoms with E-state index in [9.17, 15) is 13.2 Å². The van der Waals surface area contributed by atoms with Gasteiger partial charge in [-0.15, -0.1) is 6.58 Å². The number of nitrogens with zero attached hydrogens (tertiary/aromatic N) is 1. The van der Waals surface area contributed by atoms with Gasteiger partial charge in [0.05, 0.1) is 11.5 Å². The van der Waals surface area contributed by atoms with E-state index in [1.54, 1.807) is 11.0 Å². The summed E-state index contributed by atoms with van der Waals surface area (Å²) in [5, 5.41) is 0.913. The molecule has 3 rings (SSSR count). The maximum atomic E-state index is 13.0. The summed E-state index contributed by atoms with van der Waals surface area (Å²) in [4.78, 5) is 14.6. The number of aryl methyl sites for hydroxylation is 2. The number of hydrogen-bond acceptors (Lipinski definition) is 4. The van der Waals surface area contributed by atoms with Crippen LogP contribution in [0.15, 0.2) is 35.3 Å². The van der Waals surface area contributed by atoms with Crippen LogP contribution in [0.25, 0.3) is 11.0 Å². The van der Waals surface area contributed by atoms with Gasteiger partial charge in [0.1, 0.15) is 5.58 Å². The lowest BCUT2D eigenvalue weighted by atomic mass is 10.1. The highest BCUT2D eigenvalue weighted by atomic mass is 32.2. The van der Waals surface area contributed by atoms with Gasteiger partial charge in [-0.2, -0.15) is 0 Å². The molecule has 6 heteroatoms. The molecule has 0 saturated carbocycles. The van der Waals surface area contributed by atoms with Gasteiger partial charge in [0.15, 0.2) is 15.6 Å². The van der Waals surface area contributed by atoms with E-state index >= 15 is 0 Å². The Morgan fingerprint density at radius 1 is 1.42 bits per heavy atom. The molecule has 0 bridgehead atoms. The fraction of sp³-hybridized carbons (Fsp3) is 0.389. The number of amides is 1. The smallest absolute Gasteiger partial charge is 0.290 e. The van der Waals surface area contributed by atoms with E-state index in [2.05, 4.69) is 6.58 Å². The SMILES string of the molecule is C=CCN(C(=O)c1oc2c(C)cccc2c1C)[C@H]1CCS(=O)(=O)C1. The van der Waals surface area contributed by atoms with E-state index in [1.165, 1.54) is 0 Å². The van der Waals surface area contributed by atoms with Crippen LogP contribution in [0.3, 0.4) is 0 Å². The van der Waals surface area contributed by atoms with E-state index in [1.807, 2.05) is 32.0 Å². The highest BCUT2D eigenvalue weighted by Gasteiger charge is 2.36. The van der Waals surface area contributed by atoms with Gasteiger partial charge in [-0.25, -0.2) is 8.42 Å². The van der Waals surface area contributed by atoms with E-state index in [0.717, 1.165) is 16.5 Å². The van der Waals surface area contributed by atoms with Gasteiger partial charge in [-0.3, -0.25) is 4.79 Å². The summed E-state index contributed by atoms with van der Waals surface area (Å²) < 4.78 is 29.4. The van der Waals surface area contributed by atoms with E-state index in [0.29, 0.717) is 18.5 Å². The molecule has 1 aliphatic rings. The van der Waals surface area contributed by atoms with Gasteiger partial charge in [0.25, 0.3) is 5.91 Å². The third kappa shape index (κ3) is 2.86. The highest BCUT2D eigenvalue weighted by Crippen LogP contribution is 2.30. The lowest BCUT2D eigenvalue weighted by molar-refractivity contribution is 0.0689. The standard InChI is InChI=1S/C18H21NO4S/c1-4-9-19(14-8-10-24(21,22)11-14)18(20)17-13(3)15-7-5-6-12(2)16(15)23-17/h4-7,14H,1,8-11H2,2-3H3/t14-/m0/s1. The van der Waals surface area contributed by atoms with E-state index < -0.39 is 9.84 Å². The molecule has 128 valence electrons. The number of carbonyl (C=O) groups excluding carboxylic acids is 1. The summed E-state index contributed by atoms with van der Waals surface area (Å²) in [6, 6.07) is 5.47. The number of carbonyl (C=O) groups is 1. The van der Waals surface area contributed by atoms with Crippen molar-refractivity contribution >= 4 is 26.7 Å². The Labute approximate surface area is 141 Å². The molecule has 2 aromatic rings. The summed E-state index contributed by atoms with van der Waals surface area (Å²) in [7, 11) is -3.07. The maximum absolute atomic E-state index is 13.0. The molecule has 1 aliphatic heterocycles. The summed E-state index contributed by atoms with van der Waals surface area (Å²) in [5.41, 5.74) is 2.46. The molecule has 1 fully saturated rings. The zero-order valence-corrected chi connectivity index (χ0v) is 14.7. The highest BCUT2D eigenvalue weighted by molar-refractivity contribution is 7.91. The van der Waals surface area contributed by atoms with Crippen LogP contribution in [0.4, 0.5) is 0 Å². The van der Waals surface area contributed by atoms with Crippen molar-refractivity contribution in [2.24, 2.45) is 0 Å². The molecular formula is C18H21NO4S. The van der Waals surface area contributed by atoms with Gasteiger partial charge < -0.3 is 9.32 Å². The van der Waals surface area contributed by atoms with Crippen LogP contribution < -0.4 is 0 Å². The fourth-order valence-electron chi connectivity index (χ4n) is 3.28. The molecule has 0 aliphatic carbocycles. The predicted molar refractivity (Wildman–Crippen MR) is 94.0 cm³/mol. The van der Waals surface area contributed by atoms with E-state index in [4.69, 9.17) is 4.42 Å². The minimum atomic E-state index is -3.07. The number of para-hydroxylation sites is 1. The van der Waals surface area contributed by atoms with Crippen LogP contribution >= 0.6 is 0 Å². The summed E-state index contributed by atoms with van der Waals surface area (Å²) >= 11 is 0. The first-order chi connectivity index (χ1) is 11.3. The quantitative estimate of drug-likeness (QED) is 0.798. The Bertz CT molecular complexity index is 910. The lowest BCUT2D eigenvalue weighted by Gasteiger charge is -2.26. The molecule has 1 saturated heterocycles. The molecule has 0 spiro atoms. The molecule has 5 nitrogen and oxygen atoms in total. The predicted octanol–water partition coefficient (Wildman–Crippen LogP) is 2.86. The second-order valence-electron chi connectivity index (χ2n) is 6.31. The Morgan fingerprint density at radius 2 is 2.17 bits per heavy atom. The molecule has 24 heavy (non-hydrogen) atoms. The van der Waals surface area contributed by atoms with Gasteiger partial charge in [0.2, 0.25) is 0 Å². The third-order valence-corrected chi connectivity index (χ3v) is 6.34. The van der Waals surface area contributed by atoms with E-state index in [-0.39, 0.29) is 29.2 Å². The van der Waals surface area contributed by atoms with Crippen LogP contribution in [-0.4, -0.2) is 43.3 Å². The van der Waals surface area contributed by atoms with Crippen LogP contribution in [0.1, 0.15) is 28.1 Å². The van der Waals surface area contributed by atoms with Crippen molar-refractivity contribution in [2.45, 2.75) is 26.3 Å². The van der Waals surface area contributed by atoms with Crippen molar-refractivity contribution in [1.82, 2.24) is 4.90 Å². The maximum Gasteiger partial charge on any atom is 0.290 e. The van der Waals surface area contributed by atoms with Crippen molar-refractivity contribution in [3.05, 3.63) is 47.7 Å². The average molecular weight is 347 g/mol. The van der Waals surface area contributed by atoms with Crippen LogP contribution in [0, 0.1) is 13.8 Å². The molecule has 0 radical (unpaired) electrons. The van der Waals surface area contributed by atoms with Crippen molar-refractivity contribution in [3.8, 4) is 0 Å². The molecule has 1 aromatic heterocycles. The Balaban J connectivity index is 2.01. The monoisotopic (exact) mass is 347 g/mol. The largest absolute Gasteiger partial charge is 0.450 e. The van der Waals surface area contributed by atoms with Gasteiger partial charge in [-0.1, -0.05) is 24.3 Å². The molecule has 1 amide bonds. The van der Waals surface area contributed by atoms with Crippen molar-refractivity contribution in [3.63, 3.8) is 0 Å². The average Bonchev–Trinajstić information content (AvgIpc) is 3.06. The Hall–Kier alpha value is -2.08. The second kappa shape index (κ2) is 6.09. The molecule has 0 N–H and O–H groups in total. The number of furan rings is 1. The second-order valence-corrected chi connectivity index (χ2v) is 8.54. The zero-order chi connectivity index (χ0) is 17.5. The number of fused-ring (bicyclic) bond motifs is 1. The molecule has 1 atom stereocenters.